The topological polar surface area (TPSA) is 86.2 Å². The van der Waals surface area contributed by atoms with Crippen molar-refractivity contribution in [1.82, 2.24) is 9.97 Å². The van der Waals surface area contributed by atoms with E-state index in [2.05, 4.69) is 9.97 Å². The van der Waals surface area contributed by atoms with Crippen molar-refractivity contribution in [2.75, 3.05) is 0 Å². The van der Waals surface area contributed by atoms with Crippen molar-refractivity contribution >= 4 is 28.7 Å². The van der Waals surface area contributed by atoms with Crippen LogP contribution in [0, 0.1) is 0 Å². The van der Waals surface area contributed by atoms with Crippen molar-refractivity contribution in [1.29, 1.82) is 0 Å². The number of fused-ring (bicyclic) bond motifs is 1. The molecule has 0 saturated heterocycles. The number of pyridine rings is 1. The third kappa shape index (κ3) is 2.36. The number of carboxylic acid groups (broad SMARTS) is 1. The van der Waals surface area contributed by atoms with Gasteiger partial charge in [-0.15, -0.1) is 0 Å². The van der Waals surface area contributed by atoms with Crippen molar-refractivity contribution in [3.8, 4) is 5.75 Å². The molecule has 0 atom stereocenters. The molecule has 3 N–H and O–H groups in total. The van der Waals surface area contributed by atoms with Crippen molar-refractivity contribution < 1.29 is 15.0 Å². The lowest BCUT2D eigenvalue weighted by Crippen LogP contribution is -1.99. The number of aromatic nitrogens is 2. The summed E-state index contributed by atoms with van der Waals surface area (Å²) in [6, 6.07) is 10.0. The van der Waals surface area contributed by atoms with E-state index in [1.165, 1.54) is 12.1 Å². The van der Waals surface area contributed by atoms with Gasteiger partial charge in [-0.2, -0.15) is 0 Å². The summed E-state index contributed by atoms with van der Waals surface area (Å²) in [7, 11) is 0. The van der Waals surface area contributed by atoms with E-state index in [0.29, 0.717) is 11.2 Å². The first-order chi connectivity index (χ1) is 10.2. The van der Waals surface area contributed by atoms with Crippen molar-refractivity contribution in [3.05, 3.63) is 59.9 Å². The number of phenolic OH excluding ortho intramolecular Hbond substituents is 1. The Kier molecular flexibility index (Phi) is 3.16. The smallest absolute Gasteiger partial charge is 0.336 e. The molecule has 0 fully saturated rings. The average Bonchev–Trinajstić information content (AvgIpc) is 2.89. The third-order valence-electron chi connectivity index (χ3n) is 3.21. The van der Waals surface area contributed by atoms with Crippen LogP contribution in [0.3, 0.4) is 0 Å². The van der Waals surface area contributed by atoms with Gasteiger partial charge in [0.15, 0.2) is 0 Å². The molecular weight excluding hydrogens is 268 g/mol. The molecule has 3 rings (SSSR count). The highest BCUT2D eigenvalue weighted by Gasteiger charge is 2.15. The standard InChI is InChI=1S/C16H12N2O3/c19-14-6-2-1-4-12(14)13(16(20)21)8-10-9-18-15-11(10)5-3-7-17-15/h1-9,19H,(H,17,18)(H,20,21)/b13-8-. The second-order valence-corrected chi connectivity index (χ2v) is 4.52. The normalized spacial score (nSPS) is 11.7. The zero-order chi connectivity index (χ0) is 14.8. The monoisotopic (exact) mass is 280 g/mol. The number of aromatic amines is 1. The van der Waals surface area contributed by atoms with E-state index in [1.807, 2.05) is 6.07 Å². The van der Waals surface area contributed by atoms with Gasteiger partial charge in [0.25, 0.3) is 0 Å². The van der Waals surface area contributed by atoms with E-state index in [0.717, 1.165) is 5.39 Å². The molecule has 0 spiro atoms. The summed E-state index contributed by atoms with van der Waals surface area (Å²) in [4.78, 5) is 18.7. The minimum atomic E-state index is -1.10. The highest BCUT2D eigenvalue weighted by atomic mass is 16.4. The average molecular weight is 280 g/mol. The minimum absolute atomic E-state index is 0.0258. The van der Waals surface area contributed by atoms with Gasteiger partial charge in [-0.05, 0) is 24.3 Å². The molecule has 104 valence electrons. The van der Waals surface area contributed by atoms with E-state index in [-0.39, 0.29) is 16.9 Å². The second kappa shape index (κ2) is 5.13. The lowest BCUT2D eigenvalue weighted by molar-refractivity contribution is -0.130. The molecule has 1 aromatic carbocycles. The Labute approximate surface area is 120 Å². The number of para-hydroxylation sites is 1. The van der Waals surface area contributed by atoms with Crippen LogP contribution in [0.1, 0.15) is 11.1 Å². The molecule has 3 aromatic rings. The van der Waals surface area contributed by atoms with Gasteiger partial charge in [0.05, 0.1) is 5.57 Å². The Morgan fingerprint density at radius 2 is 2.00 bits per heavy atom. The molecule has 0 radical (unpaired) electrons. The molecule has 2 heterocycles. The van der Waals surface area contributed by atoms with Gasteiger partial charge in [-0.3, -0.25) is 0 Å². The van der Waals surface area contributed by atoms with Crippen molar-refractivity contribution in [3.63, 3.8) is 0 Å². The zero-order valence-corrected chi connectivity index (χ0v) is 10.9. The number of nitrogens with zero attached hydrogens (tertiary/aromatic N) is 1. The van der Waals surface area contributed by atoms with Crippen LogP contribution in [0.15, 0.2) is 48.8 Å². The highest BCUT2D eigenvalue weighted by molar-refractivity contribution is 6.22. The van der Waals surface area contributed by atoms with Gasteiger partial charge in [0.1, 0.15) is 11.4 Å². The van der Waals surface area contributed by atoms with Crippen LogP contribution in [0.25, 0.3) is 22.7 Å². The quantitative estimate of drug-likeness (QED) is 0.644. The number of hydrogen-bond acceptors (Lipinski definition) is 3. The number of benzene rings is 1. The molecular formula is C16H12N2O3. The summed E-state index contributed by atoms with van der Waals surface area (Å²) in [5, 5.41) is 20.1. The van der Waals surface area contributed by atoms with Crippen LogP contribution in [0.4, 0.5) is 0 Å². The number of carboxylic acids is 1. The van der Waals surface area contributed by atoms with E-state index in [4.69, 9.17) is 0 Å². The Hall–Kier alpha value is -3.08. The molecule has 5 heteroatoms. The first-order valence-corrected chi connectivity index (χ1v) is 6.32. The van der Waals surface area contributed by atoms with Crippen LogP contribution >= 0.6 is 0 Å². The molecule has 0 bridgehead atoms. The summed E-state index contributed by atoms with van der Waals surface area (Å²) >= 11 is 0. The number of H-pyrrole nitrogens is 1. The third-order valence-corrected chi connectivity index (χ3v) is 3.21. The highest BCUT2D eigenvalue weighted by Crippen LogP contribution is 2.28. The molecule has 0 aliphatic rings. The number of hydrogen-bond donors (Lipinski definition) is 3. The van der Waals surface area contributed by atoms with Crippen molar-refractivity contribution in [2.45, 2.75) is 0 Å². The summed E-state index contributed by atoms with van der Waals surface area (Å²) in [5.74, 6) is -1.17. The van der Waals surface area contributed by atoms with E-state index >= 15 is 0 Å². The predicted octanol–water partition coefficient (Wildman–Crippen LogP) is 2.89. The molecule has 0 saturated carbocycles. The molecule has 0 unspecified atom stereocenters. The SMILES string of the molecule is O=C(O)/C(=C\c1c[nH]c2ncccc12)c1ccccc1O. The Morgan fingerprint density at radius 1 is 1.19 bits per heavy atom. The number of aromatic hydroxyl groups is 1. The molecule has 5 nitrogen and oxygen atoms in total. The molecule has 0 aliphatic carbocycles. The number of nitrogens with one attached hydrogen (secondary N) is 1. The first-order valence-electron chi connectivity index (χ1n) is 6.32. The lowest BCUT2D eigenvalue weighted by atomic mass is 10.0. The largest absolute Gasteiger partial charge is 0.507 e. The zero-order valence-electron chi connectivity index (χ0n) is 10.9. The fourth-order valence-corrected chi connectivity index (χ4v) is 2.21. The van der Waals surface area contributed by atoms with Crippen LogP contribution in [0.5, 0.6) is 5.75 Å². The van der Waals surface area contributed by atoms with Gasteiger partial charge in [0, 0.05) is 28.9 Å². The van der Waals surface area contributed by atoms with Crippen LogP contribution in [0.2, 0.25) is 0 Å². The summed E-state index contributed by atoms with van der Waals surface area (Å²) in [6.45, 7) is 0. The van der Waals surface area contributed by atoms with Gasteiger partial charge in [0.2, 0.25) is 0 Å². The molecule has 0 amide bonds. The van der Waals surface area contributed by atoms with Crippen LogP contribution in [-0.4, -0.2) is 26.2 Å². The number of carbonyl (C=O) groups is 1. The summed E-state index contributed by atoms with van der Waals surface area (Å²) in [6.07, 6.45) is 4.88. The minimum Gasteiger partial charge on any atom is -0.507 e. The maximum absolute atomic E-state index is 11.5. The molecule has 0 aliphatic heterocycles. The molecule has 2 aromatic heterocycles. The van der Waals surface area contributed by atoms with E-state index < -0.39 is 5.97 Å². The second-order valence-electron chi connectivity index (χ2n) is 4.52. The molecule has 21 heavy (non-hydrogen) atoms. The Balaban J connectivity index is 2.18. The van der Waals surface area contributed by atoms with Gasteiger partial charge in [-0.1, -0.05) is 18.2 Å². The Morgan fingerprint density at radius 3 is 2.76 bits per heavy atom. The van der Waals surface area contributed by atoms with Gasteiger partial charge >= 0.3 is 5.97 Å². The van der Waals surface area contributed by atoms with Gasteiger partial charge < -0.3 is 15.2 Å². The number of phenols is 1. The summed E-state index contributed by atoms with van der Waals surface area (Å²) < 4.78 is 0. The number of rotatable bonds is 3. The Bertz CT molecular complexity index is 849. The lowest BCUT2D eigenvalue weighted by Gasteiger charge is -2.05. The number of aliphatic carboxylic acids is 1. The van der Waals surface area contributed by atoms with Gasteiger partial charge in [-0.25, -0.2) is 9.78 Å². The van der Waals surface area contributed by atoms with E-state index in [1.54, 1.807) is 36.7 Å². The van der Waals surface area contributed by atoms with Crippen molar-refractivity contribution in [2.24, 2.45) is 0 Å². The van der Waals surface area contributed by atoms with Crippen LogP contribution in [-0.2, 0) is 4.79 Å². The van der Waals surface area contributed by atoms with E-state index in [9.17, 15) is 15.0 Å². The maximum atomic E-state index is 11.5. The fourth-order valence-electron chi connectivity index (χ4n) is 2.21. The maximum Gasteiger partial charge on any atom is 0.336 e. The summed E-state index contributed by atoms with van der Waals surface area (Å²) in [5.41, 5.74) is 1.70. The van der Waals surface area contributed by atoms with Crippen LogP contribution < -0.4 is 0 Å². The fraction of sp³-hybridized carbons (Fsp3) is 0. The predicted molar refractivity (Wildman–Crippen MR) is 79.7 cm³/mol. The first kappa shape index (κ1) is 12.9.